The maximum atomic E-state index is 14.8. The zero-order valence-electron chi connectivity index (χ0n) is 21.3. The van der Waals surface area contributed by atoms with Crippen molar-refractivity contribution in [2.24, 2.45) is 10.1 Å². The Balaban J connectivity index is 2.05. The molecule has 1 aliphatic heterocycles. The van der Waals surface area contributed by atoms with Crippen molar-refractivity contribution in [1.29, 1.82) is 5.26 Å². The Hall–Kier alpha value is -3.69. The molecule has 3 rings (SSSR count). The molecule has 3 N–H and O–H groups in total. The van der Waals surface area contributed by atoms with Gasteiger partial charge >= 0.3 is 6.03 Å². The van der Waals surface area contributed by atoms with Crippen LogP contribution in [0.25, 0.3) is 0 Å². The molecule has 2 aromatic rings. The minimum Gasteiger partial charge on any atom is -0.396 e. The number of aliphatic hydroxyl groups excluding tert-OH is 1. The van der Waals surface area contributed by atoms with E-state index in [2.05, 4.69) is 20.7 Å². The Bertz CT molecular complexity index is 1210. The van der Waals surface area contributed by atoms with Gasteiger partial charge in [0.05, 0.1) is 0 Å². The van der Waals surface area contributed by atoms with Crippen LogP contribution < -0.4 is 10.6 Å². The smallest absolute Gasteiger partial charge is 0.342 e. The van der Waals surface area contributed by atoms with Crippen molar-refractivity contribution in [3.63, 3.8) is 0 Å². The molecule has 0 saturated carbocycles. The van der Waals surface area contributed by atoms with E-state index in [1.54, 1.807) is 18.1 Å². The van der Waals surface area contributed by atoms with Crippen LogP contribution in [0.15, 0.2) is 58.6 Å². The zero-order chi connectivity index (χ0) is 27.5. The molecule has 1 heterocycles. The van der Waals surface area contributed by atoms with Crippen LogP contribution in [0.5, 0.6) is 0 Å². The predicted molar refractivity (Wildman–Crippen MR) is 144 cm³/mol. The number of nitrogens with zero attached hydrogens (tertiary/aromatic N) is 5. The topological polar surface area (TPSA) is 116 Å². The molecule has 1 aliphatic rings. The zero-order valence-corrected chi connectivity index (χ0v) is 22.1. The van der Waals surface area contributed by atoms with Gasteiger partial charge in [-0.3, -0.25) is 0 Å². The van der Waals surface area contributed by atoms with E-state index in [1.807, 2.05) is 37.3 Å². The highest BCUT2D eigenvalue weighted by molar-refractivity contribution is 8.15. The number of thioether (sulfide) groups is 1. The van der Waals surface area contributed by atoms with Gasteiger partial charge in [0.2, 0.25) is 12.2 Å². The van der Waals surface area contributed by atoms with E-state index in [9.17, 15) is 18.7 Å². The summed E-state index contributed by atoms with van der Waals surface area (Å²) >= 11 is 1.20. The van der Waals surface area contributed by atoms with Crippen LogP contribution in [0.4, 0.5) is 13.6 Å². The Labute approximate surface area is 225 Å². The number of rotatable bonds is 10. The van der Waals surface area contributed by atoms with Crippen molar-refractivity contribution >= 4 is 28.8 Å². The summed E-state index contributed by atoms with van der Waals surface area (Å²) in [6, 6.07) is 12.1. The number of urea groups is 1. The molecule has 12 heteroatoms. The highest BCUT2D eigenvalue weighted by Gasteiger charge is 2.49. The van der Waals surface area contributed by atoms with Crippen LogP contribution in [0.3, 0.4) is 0 Å². The summed E-state index contributed by atoms with van der Waals surface area (Å²) in [6.07, 6.45) is 3.03. The average Bonchev–Trinajstić information content (AvgIpc) is 3.33. The maximum Gasteiger partial charge on any atom is 0.342 e. The Morgan fingerprint density at radius 3 is 2.68 bits per heavy atom. The summed E-state index contributed by atoms with van der Waals surface area (Å²) in [4.78, 5) is 18.0. The second kappa shape index (κ2) is 13.7. The standard InChI is InChI=1S/C26H31F2N7O2S/c1-3-34(15-8-16-36)25(37)35-26(19-9-5-4-6-10-19,13-7-14-31-24(30-2)32-18-29)38-23(33-35)21-17-20(27)11-12-22(21)28/h4-6,9-12,17,36H,3,7-8,13-16H2,1-2H3,(H2,30,31,32). The number of carbonyl (C=O) groups excluding carboxylic acids is 1. The minimum atomic E-state index is -1.06. The lowest BCUT2D eigenvalue weighted by Crippen LogP contribution is -2.49. The molecular weight excluding hydrogens is 512 g/mol. The molecule has 2 amide bonds. The fourth-order valence-corrected chi connectivity index (χ4v) is 5.51. The molecule has 0 spiro atoms. The Morgan fingerprint density at radius 1 is 1.26 bits per heavy atom. The van der Waals surface area contributed by atoms with Crippen molar-refractivity contribution < 1.29 is 18.7 Å². The largest absolute Gasteiger partial charge is 0.396 e. The number of guanidine groups is 1. The number of halogens is 2. The first-order valence-electron chi connectivity index (χ1n) is 12.3. The van der Waals surface area contributed by atoms with Crippen molar-refractivity contribution in [3.05, 3.63) is 71.3 Å². The number of benzene rings is 2. The van der Waals surface area contributed by atoms with E-state index in [-0.39, 0.29) is 17.2 Å². The molecular formula is C26H31F2N7O2S. The lowest BCUT2D eigenvalue weighted by molar-refractivity contribution is 0.121. The number of hydrazone groups is 1. The monoisotopic (exact) mass is 543 g/mol. The van der Waals surface area contributed by atoms with Gasteiger partial charge in [-0.1, -0.05) is 42.1 Å². The molecule has 0 saturated heterocycles. The molecule has 1 unspecified atom stereocenters. The molecule has 0 radical (unpaired) electrons. The number of hydrogen-bond acceptors (Lipinski definition) is 6. The van der Waals surface area contributed by atoms with E-state index in [4.69, 9.17) is 5.26 Å². The third-order valence-electron chi connectivity index (χ3n) is 5.99. The van der Waals surface area contributed by atoms with Gasteiger partial charge in [-0.25, -0.2) is 13.6 Å². The van der Waals surface area contributed by atoms with Crippen molar-refractivity contribution in [2.75, 3.05) is 33.3 Å². The number of hydrogen-bond donors (Lipinski definition) is 3. The maximum absolute atomic E-state index is 14.8. The molecule has 9 nitrogen and oxygen atoms in total. The highest BCUT2D eigenvalue weighted by Crippen LogP contribution is 2.51. The van der Waals surface area contributed by atoms with Crippen LogP contribution in [-0.2, 0) is 4.87 Å². The first kappa shape index (κ1) is 28.9. The van der Waals surface area contributed by atoms with E-state index < -0.39 is 22.5 Å². The Morgan fingerprint density at radius 2 is 2.03 bits per heavy atom. The van der Waals surface area contributed by atoms with Crippen LogP contribution in [0, 0.1) is 23.1 Å². The Kier molecular flexibility index (Phi) is 10.4. The number of nitrogens with one attached hydrogen (secondary N) is 2. The molecule has 38 heavy (non-hydrogen) atoms. The first-order valence-corrected chi connectivity index (χ1v) is 13.1. The summed E-state index contributed by atoms with van der Waals surface area (Å²) in [5, 5.41) is 30.1. The third kappa shape index (κ3) is 6.59. The van der Waals surface area contributed by atoms with Crippen LogP contribution in [-0.4, -0.2) is 65.3 Å². The molecule has 0 aliphatic carbocycles. The summed E-state index contributed by atoms with van der Waals surface area (Å²) < 4.78 is 29.0. The van der Waals surface area contributed by atoms with Crippen LogP contribution in [0.1, 0.15) is 37.3 Å². The number of amides is 2. The molecule has 0 fully saturated rings. The van der Waals surface area contributed by atoms with E-state index >= 15 is 0 Å². The van der Waals surface area contributed by atoms with Gasteiger partial charge in [-0.2, -0.15) is 15.4 Å². The summed E-state index contributed by atoms with van der Waals surface area (Å²) in [6.45, 7) is 2.87. The first-order chi connectivity index (χ1) is 18.4. The van der Waals surface area contributed by atoms with Gasteiger partial charge in [0.15, 0.2) is 0 Å². The second-order valence-electron chi connectivity index (χ2n) is 8.37. The molecule has 0 aromatic heterocycles. The molecule has 0 bridgehead atoms. The van der Waals surface area contributed by atoms with Crippen molar-refractivity contribution in [3.8, 4) is 6.19 Å². The number of nitriles is 1. The van der Waals surface area contributed by atoms with E-state index in [0.29, 0.717) is 44.9 Å². The molecule has 2 aromatic carbocycles. The fraction of sp³-hybridized carbons (Fsp3) is 0.385. The summed E-state index contributed by atoms with van der Waals surface area (Å²) in [5.41, 5.74) is 0.743. The van der Waals surface area contributed by atoms with E-state index in [0.717, 1.165) is 23.8 Å². The number of aliphatic imine (C=N–C) groups is 1. The van der Waals surface area contributed by atoms with Gasteiger partial charge in [0.1, 0.15) is 21.5 Å². The van der Waals surface area contributed by atoms with Crippen LogP contribution >= 0.6 is 11.8 Å². The van der Waals surface area contributed by atoms with Crippen molar-refractivity contribution in [1.82, 2.24) is 20.5 Å². The SMILES string of the molecule is CCN(CCCO)C(=O)N1N=C(c2cc(F)ccc2F)SC1(CCCNC(=NC#N)NC)c1ccccc1. The van der Waals surface area contributed by atoms with Gasteiger partial charge < -0.3 is 20.6 Å². The van der Waals surface area contributed by atoms with Gasteiger partial charge in [0.25, 0.3) is 0 Å². The quantitative estimate of drug-likeness (QED) is 0.182. The van der Waals surface area contributed by atoms with Gasteiger partial charge in [-0.15, -0.1) is 4.99 Å². The summed E-state index contributed by atoms with van der Waals surface area (Å²) in [7, 11) is 1.64. The average molecular weight is 544 g/mol. The number of aliphatic hydroxyl groups is 1. The molecule has 1 atom stereocenters. The molecule has 202 valence electrons. The lowest BCUT2D eigenvalue weighted by atomic mass is 10.0. The fourth-order valence-electron chi connectivity index (χ4n) is 4.10. The van der Waals surface area contributed by atoms with Gasteiger partial charge in [-0.05, 0) is 49.9 Å². The van der Waals surface area contributed by atoms with Crippen molar-refractivity contribution in [2.45, 2.75) is 31.1 Å². The van der Waals surface area contributed by atoms with Gasteiger partial charge in [0, 0.05) is 38.9 Å². The minimum absolute atomic E-state index is 0.0271. The van der Waals surface area contributed by atoms with Crippen LogP contribution in [0.2, 0.25) is 0 Å². The normalized spacial score (nSPS) is 17.1. The lowest BCUT2D eigenvalue weighted by Gasteiger charge is -2.38. The second-order valence-corrected chi connectivity index (χ2v) is 9.64. The number of carbonyl (C=O) groups is 1. The summed E-state index contributed by atoms with van der Waals surface area (Å²) in [5.74, 6) is -0.943. The third-order valence-corrected chi connectivity index (χ3v) is 7.43. The van der Waals surface area contributed by atoms with E-state index in [1.165, 1.54) is 16.8 Å². The highest BCUT2D eigenvalue weighted by atomic mass is 32.2. The predicted octanol–water partition coefficient (Wildman–Crippen LogP) is 3.78.